The highest BCUT2D eigenvalue weighted by Crippen LogP contribution is 2.19. The van der Waals surface area contributed by atoms with E-state index in [4.69, 9.17) is 0 Å². The molecule has 0 unspecified atom stereocenters. The number of nitrogens with one attached hydrogen (secondary N) is 1. The highest BCUT2D eigenvalue weighted by atomic mass is 32.1. The van der Waals surface area contributed by atoms with Crippen molar-refractivity contribution in [2.24, 2.45) is 0 Å². The van der Waals surface area contributed by atoms with Gasteiger partial charge in [0.05, 0.1) is 11.1 Å². The number of nitriles is 1. The summed E-state index contributed by atoms with van der Waals surface area (Å²) in [5.74, 6) is -0.407. The first-order valence-electron chi connectivity index (χ1n) is 8.90. The number of thiazole rings is 1. The zero-order chi connectivity index (χ0) is 19.5. The summed E-state index contributed by atoms with van der Waals surface area (Å²) in [6.07, 6.45) is 3.68. The molecule has 140 valence electrons. The molecule has 28 heavy (non-hydrogen) atoms. The third kappa shape index (κ3) is 3.98. The van der Waals surface area contributed by atoms with Crippen molar-refractivity contribution in [1.82, 2.24) is 9.88 Å². The van der Waals surface area contributed by atoms with Gasteiger partial charge >= 0.3 is 0 Å². The summed E-state index contributed by atoms with van der Waals surface area (Å²) in [5.41, 5.74) is 0.742. The third-order valence-corrected chi connectivity index (χ3v) is 6.32. The number of amides is 1. The number of aromatic nitrogens is 1. The van der Waals surface area contributed by atoms with Crippen LogP contribution in [-0.4, -0.2) is 16.5 Å². The van der Waals surface area contributed by atoms with Crippen LogP contribution in [0.4, 0.5) is 0 Å². The molecule has 1 N–H and O–H groups in total. The van der Waals surface area contributed by atoms with Crippen LogP contribution in [0.25, 0.3) is 11.6 Å². The summed E-state index contributed by atoms with van der Waals surface area (Å²) in [7, 11) is 0. The molecule has 0 saturated heterocycles. The van der Waals surface area contributed by atoms with E-state index < -0.39 is 5.91 Å². The molecule has 1 aromatic carbocycles. The number of hydrogen-bond donors (Lipinski definition) is 1. The van der Waals surface area contributed by atoms with Gasteiger partial charge in [-0.25, -0.2) is 0 Å². The van der Waals surface area contributed by atoms with Crippen molar-refractivity contribution in [3.05, 3.63) is 77.8 Å². The fourth-order valence-electron chi connectivity index (χ4n) is 2.80. The number of benzene rings is 1. The van der Waals surface area contributed by atoms with E-state index in [2.05, 4.69) is 5.32 Å². The van der Waals surface area contributed by atoms with Crippen LogP contribution >= 0.6 is 22.7 Å². The van der Waals surface area contributed by atoms with Gasteiger partial charge in [0.15, 0.2) is 5.57 Å². The average molecular weight is 408 g/mol. The van der Waals surface area contributed by atoms with Gasteiger partial charge in [-0.15, -0.1) is 22.7 Å². The fraction of sp³-hybridized carbons (Fsp3) is 0.190. The summed E-state index contributed by atoms with van der Waals surface area (Å²) in [6.45, 7) is 0.311. The predicted molar refractivity (Wildman–Crippen MR) is 111 cm³/mol. The van der Waals surface area contributed by atoms with E-state index in [-0.39, 0.29) is 17.2 Å². The molecular formula is C21H17N3O2S2. The summed E-state index contributed by atoms with van der Waals surface area (Å²) in [5, 5.41) is 14.5. The topological polar surface area (TPSA) is 74.9 Å². The molecule has 1 saturated carbocycles. The zero-order valence-electron chi connectivity index (χ0n) is 14.9. The number of nitrogens with zero attached hydrogens (tertiary/aromatic N) is 2. The van der Waals surface area contributed by atoms with Crippen molar-refractivity contribution < 1.29 is 4.79 Å². The molecule has 1 amide bonds. The molecule has 0 radical (unpaired) electrons. The molecule has 4 rings (SSSR count). The molecule has 1 fully saturated rings. The summed E-state index contributed by atoms with van der Waals surface area (Å²) in [6, 6.07) is 15.6. The smallest absolute Gasteiger partial charge is 0.269 e. The van der Waals surface area contributed by atoms with Gasteiger partial charge in [0.25, 0.3) is 11.5 Å². The second kappa shape index (κ2) is 7.97. The van der Waals surface area contributed by atoms with Crippen molar-refractivity contribution in [2.45, 2.75) is 25.4 Å². The minimum absolute atomic E-state index is 0.00393. The lowest BCUT2D eigenvalue weighted by molar-refractivity contribution is -0.115. The maximum Gasteiger partial charge on any atom is 0.269 e. The number of carbonyl (C=O) groups excluding carboxylic acids is 1. The molecular weight excluding hydrogens is 390 g/mol. The minimum Gasteiger partial charge on any atom is -0.349 e. The molecule has 1 aliphatic carbocycles. The van der Waals surface area contributed by atoms with Crippen LogP contribution in [0.3, 0.4) is 0 Å². The first-order chi connectivity index (χ1) is 13.7. The van der Waals surface area contributed by atoms with E-state index in [0.717, 1.165) is 23.3 Å². The quantitative estimate of drug-likeness (QED) is 0.701. The van der Waals surface area contributed by atoms with Crippen LogP contribution in [-0.2, 0) is 11.3 Å². The van der Waals surface area contributed by atoms with E-state index in [1.807, 2.05) is 60.0 Å². The molecule has 1 aliphatic rings. The Kier molecular flexibility index (Phi) is 5.24. The normalized spacial score (nSPS) is 15.2. The standard InChI is InChI=1S/C21H17N3O2S2/c22-12-17(19(25)23-15-8-9-15)21-24(13-14-5-2-1-3-6-14)20(26)18(28-21)11-16-7-4-10-27-16/h1-7,10-11,15H,8-9,13H2,(H,23,25)/b18-11-,21-17+. The van der Waals surface area contributed by atoms with Crippen molar-refractivity contribution in [1.29, 1.82) is 5.26 Å². The highest BCUT2D eigenvalue weighted by molar-refractivity contribution is 7.11. The second-order valence-corrected chi connectivity index (χ2v) is 8.55. The lowest BCUT2D eigenvalue weighted by Crippen LogP contribution is -2.35. The minimum atomic E-state index is -0.407. The van der Waals surface area contributed by atoms with Crippen molar-refractivity contribution in [2.75, 3.05) is 0 Å². The Morgan fingerprint density at radius 2 is 2.04 bits per heavy atom. The molecule has 7 heteroatoms. The van der Waals surface area contributed by atoms with E-state index >= 15 is 0 Å². The van der Waals surface area contributed by atoms with Crippen LogP contribution in [0, 0.1) is 11.3 Å². The molecule has 2 aromatic heterocycles. The molecule has 5 nitrogen and oxygen atoms in total. The van der Waals surface area contributed by atoms with Crippen LogP contribution in [0.2, 0.25) is 0 Å². The van der Waals surface area contributed by atoms with Gasteiger partial charge in [0.2, 0.25) is 0 Å². The SMILES string of the molecule is N#C/C(C(=O)NC1CC1)=c1\s/c(=C\c2cccs2)c(=O)n1Cc1ccccc1. The highest BCUT2D eigenvalue weighted by Gasteiger charge is 2.26. The van der Waals surface area contributed by atoms with Crippen molar-refractivity contribution >= 4 is 40.2 Å². The number of carbonyl (C=O) groups is 1. The first kappa shape index (κ1) is 18.4. The number of hydrogen-bond acceptors (Lipinski definition) is 5. The zero-order valence-corrected chi connectivity index (χ0v) is 16.6. The van der Waals surface area contributed by atoms with Gasteiger partial charge in [-0.3, -0.25) is 14.2 Å². The van der Waals surface area contributed by atoms with Crippen LogP contribution < -0.4 is 20.1 Å². The molecule has 0 atom stereocenters. The molecule has 0 bridgehead atoms. The second-order valence-electron chi connectivity index (χ2n) is 6.54. The van der Waals surface area contributed by atoms with Crippen LogP contribution in [0.15, 0.2) is 52.6 Å². The Bertz CT molecular complexity index is 1210. The monoisotopic (exact) mass is 407 g/mol. The molecule has 3 aromatic rings. The Morgan fingerprint density at radius 1 is 1.25 bits per heavy atom. The Morgan fingerprint density at radius 3 is 2.68 bits per heavy atom. The van der Waals surface area contributed by atoms with E-state index in [0.29, 0.717) is 15.7 Å². The van der Waals surface area contributed by atoms with Crippen LogP contribution in [0.5, 0.6) is 0 Å². The maximum atomic E-state index is 13.1. The maximum absolute atomic E-state index is 13.1. The van der Waals surface area contributed by atoms with Gasteiger partial charge in [-0.2, -0.15) is 5.26 Å². The van der Waals surface area contributed by atoms with Crippen molar-refractivity contribution in [3.8, 4) is 6.07 Å². The lowest BCUT2D eigenvalue weighted by atomic mass is 10.2. The van der Waals surface area contributed by atoms with Gasteiger partial charge in [0.1, 0.15) is 10.7 Å². The molecule has 0 spiro atoms. The fourth-order valence-corrected chi connectivity index (χ4v) is 4.62. The molecule has 0 aliphatic heterocycles. The summed E-state index contributed by atoms with van der Waals surface area (Å²) < 4.78 is 2.45. The van der Waals surface area contributed by atoms with Crippen molar-refractivity contribution in [3.63, 3.8) is 0 Å². The Labute approximate surface area is 169 Å². The molecule has 2 heterocycles. The van der Waals surface area contributed by atoms with E-state index in [1.165, 1.54) is 27.2 Å². The van der Waals surface area contributed by atoms with Gasteiger partial charge in [-0.05, 0) is 35.9 Å². The van der Waals surface area contributed by atoms with Crippen LogP contribution in [0.1, 0.15) is 23.3 Å². The average Bonchev–Trinajstić information content (AvgIpc) is 3.27. The summed E-state index contributed by atoms with van der Waals surface area (Å²) in [4.78, 5) is 26.6. The van der Waals surface area contributed by atoms with Gasteiger partial charge in [-0.1, -0.05) is 36.4 Å². The third-order valence-electron chi connectivity index (χ3n) is 4.37. The number of rotatable bonds is 5. The summed E-state index contributed by atoms with van der Waals surface area (Å²) >= 11 is 2.73. The number of thiophene rings is 1. The van der Waals surface area contributed by atoms with E-state index in [1.54, 1.807) is 0 Å². The first-order valence-corrected chi connectivity index (χ1v) is 10.6. The largest absolute Gasteiger partial charge is 0.349 e. The lowest BCUT2D eigenvalue weighted by Gasteiger charge is -2.05. The van der Waals surface area contributed by atoms with Gasteiger partial charge in [0, 0.05) is 10.9 Å². The Balaban J connectivity index is 1.90. The predicted octanol–water partition coefficient (Wildman–Crippen LogP) is 1.80. The van der Waals surface area contributed by atoms with Gasteiger partial charge < -0.3 is 5.32 Å². The van der Waals surface area contributed by atoms with E-state index in [9.17, 15) is 14.9 Å². The Hall–Kier alpha value is -2.95.